The normalized spacial score (nSPS) is 19.4. The third-order valence-electron chi connectivity index (χ3n) is 3.11. The van der Waals surface area contributed by atoms with Crippen LogP contribution in [-0.4, -0.2) is 35.6 Å². The number of nitrogens with one attached hydrogen (secondary N) is 1. The molecule has 5 heteroatoms. The molecule has 92 valence electrons. The van der Waals surface area contributed by atoms with Gasteiger partial charge in [0.15, 0.2) is 0 Å². The van der Waals surface area contributed by atoms with Crippen molar-refractivity contribution in [1.82, 2.24) is 10.3 Å². The van der Waals surface area contributed by atoms with E-state index in [0.29, 0.717) is 0 Å². The summed E-state index contributed by atoms with van der Waals surface area (Å²) in [6.45, 7) is 0.752. The highest BCUT2D eigenvalue weighted by Crippen LogP contribution is 2.26. The van der Waals surface area contributed by atoms with Crippen molar-refractivity contribution in [2.45, 2.75) is 25.5 Å². The van der Waals surface area contributed by atoms with Gasteiger partial charge in [0.05, 0.1) is 6.61 Å². The summed E-state index contributed by atoms with van der Waals surface area (Å²) in [5, 5.41) is 12.0. The molecular weight excluding hydrogens is 218 g/mol. The maximum atomic E-state index is 11.8. The Bertz CT molecular complexity index is 408. The van der Waals surface area contributed by atoms with E-state index in [1.54, 1.807) is 19.3 Å². The SMILES string of the molecule is CNC(=O)C1CCCN1c1ncccc1CO. The van der Waals surface area contributed by atoms with Gasteiger partial charge in [0.25, 0.3) is 0 Å². The first kappa shape index (κ1) is 11.9. The lowest BCUT2D eigenvalue weighted by Crippen LogP contribution is -2.42. The number of aliphatic hydroxyl groups excluding tert-OH is 1. The highest BCUT2D eigenvalue weighted by atomic mass is 16.3. The lowest BCUT2D eigenvalue weighted by molar-refractivity contribution is -0.121. The fourth-order valence-corrected chi connectivity index (χ4v) is 2.27. The van der Waals surface area contributed by atoms with Gasteiger partial charge in [-0.1, -0.05) is 6.07 Å². The number of amides is 1. The lowest BCUT2D eigenvalue weighted by atomic mass is 10.2. The minimum Gasteiger partial charge on any atom is -0.392 e. The minimum atomic E-state index is -0.166. The zero-order chi connectivity index (χ0) is 12.3. The predicted octanol–water partition coefficient (Wildman–Crippen LogP) is 0.289. The summed E-state index contributed by atoms with van der Waals surface area (Å²) in [4.78, 5) is 18.0. The van der Waals surface area contributed by atoms with Crippen LogP contribution in [0.1, 0.15) is 18.4 Å². The lowest BCUT2D eigenvalue weighted by Gasteiger charge is -2.25. The quantitative estimate of drug-likeness (QED) is 0.790. The van der Waals surface area contributed by atoms with E-state index in [1.807, 2.05) is 11.0 Å². The van der Waals surface area contributed by atoms with E-state index >= 15 is 0 Å². The summed E-state index contributed by atoms with van der Waals surface area (Å²) in [5.74, 6) is 0.734. The van der Waals surface area contributed by atoms with Gasteiger partial charge in [0.2, 0.25) is 5.91 Å². The molecule has 0 radical (unpaired) electrons. The maximum absolute atomic E-state index is 11.8. The molecule has 0 spiro atoms. The number of nitrogens with zero attached hydrogens (tertiary/aromatic N) is 2. The van der Waals surface area contributed by atoms with Gasteiger partial charge in [-0.15, -0.1) is 0 Å². The Morgan fingerprint density at radius 1 is 1.71 bits per heavy atom. The molecule has 5 nitrogen and oxygen atoms in total. The molecule has 17 heavy (non-hydrogen) atoms. The van der Waals surface area contributed by atoms with Gasteiger partial charge in [0, 0.05) is 25.4 Å². The molecule has 0 aliphatic carbocycles. The van der Waals surface area contributed by atoms with Gasteiger partial charge in [-0.05, 0) is 18.9 Å². The first-order valence-corrected chi connectivity index (χ1v) is 5.81. The number of aromatic nitrogens is 1. The minimum absolute atomic E-state index is 0.0112. The van der Waals surface area contributed by atoms with Crippen LogP contribution in [0.4, 0.5) is 5.82 Å². The summed E-state index contributed by atoms with van der Waals surface area (Å²) in [6, 6.07) is 3.46. The topological polar surface area (TPSA) is 65.5 Å². The predicted molar refractivity (Wildman–Crippen MR) is 64.6 cm³/mol. The molecule has 2 heterocycles. The van der Waals surface area contributed by atoms with Crippen LogP contribution in [0.25, 0.3) is 0 Å². The summed E-state index contributed by atoms with van der Waals surface area (Å²) in [6.07, 6.45) is 3.49. The number of carbonyl (C=O) groups excluding carboxylic acids is 1. The molecule has 2 rings (SSSR count). The number of carbonyl (C=O) groups is 1. The molecule has 0 bridgehead atoms. The van der Waals surface area contributed by atoms with Gasteiger partial charge < -0.3 is 15.3 Å². The van der Waals surface area contributed by atoms with Crippen molar-refractivity contribution in [3.8, 4) is 0 Å². The zero-order valence-electron chi connectivity index (χ0n) is 9.89. The number of rotatable bonds is 3. The highest BCUT2D eigenvalue weighted by molar-refractivity contribution is 5.85. The first-order chi connectivity index (χ1) is 8.27. The van der Waals surface area contributed by atoms with Crippen molar-refractivity contribution in [3.63, 3.8) is 0 Å². The molecule has 1 aromatic heterocycles. The molecule has 0 saturated carbocycles. The van der Waals surface area contributed by atoms with E-state index in [2.05, 4.69) is 10.3 Å². The second kappa shape index (κ2) is 5.14. The van der Waals surface area contributed by atoms with Crippen molar-refractivity contribution < 1.29 is 9.90 Å². The summed E-state index contributed by atoms with van der Waals surface area (Å²) < 4.78 is 0. The van der Waals surface area contributed by atoms with Crippen LogP contribution in [0.5, 0.6) is 0 Å². The monoisotopic (exact) mass is 235 g/mol. The molecule has 1 aliphatic heterocycles. The second-order valence-electron chi connectivity index (χ2n) is 4.11. The Labute approximate surface area is 100 Å². The molecule has 1 atom stereocenters. The van der Waals surface area contributed by atoms with Crippen molar-refractivity contribution in [1.29, 1.82) is 0 Å². The largest absolute Gasteiger partial charge is 0.392 e. The van der Waals surface area contributed by atoms with E-state index in [-0.39, 0.29) is 18.6 Å². The summed E-state index contributed by atoms with van der Waals surface area (Å²) >= 11 is 0. The fourth-order valence-electron chi connectivity index (χ4n) is 2.27. The number of hydrogen-bond acceptors (Lipinski definition) is 4. The van der Waals surface area contributed by atoms with Crippen molar-refractivity contribution in [2.24, 2.45) is 0 Å². The Kier molecular flexibility index (Phi) is 3.58. The van der Waals surface area contributed by atoms with Gasteiger partial charge in [0.1, 0.15) is 11.9 Å². The zero-order valence-corrected chi connectivity index (χ0v) is 9.89. The molecule has 1 saturated heterocycles. The standard InChI is InChI=1S/C12H17N3O2/c1-13-12(17)10-5-3-7-15(10)11-9(8-16)4-2-6-14-11/h2,4,6,10,16H,3,5,7-8H2,1H3,(H,13,17). The molecule has 1 aromatic rings. The van der Waals surface area contributed by atoms with Crippen LogP contribution in [0, 0.1) is 0 Å². The van der Waals surface area contributed by atoms with E-state index < -0.39 is 0 Å². The Balaban J connectivity index is 2.29. The van der Waals surface area contributed by atoms with E-state index in [1.165, 1.54) is 0 Å². The Morgan fingerprint density at radius 2 is 2.53 bits per heavy atom. The van der Waals surface area contributed by atoms with Crippen LogP contribution in [0.15, 0.2) is 18.3 Å². The number of aliphatic hydroxyl groups is 1. The molecule has 1 fully saturated rings. The average Bonchev–Trinajstić information content (AvgIpc) is 2.86. The molecule has 0 aromatic carbocycles. The number of anilines is 1. The molecule has 1 amide bonds. The van der Waals surface area contributed by atoms with Crippen molar-refractivity contribution in [3.05, 3.63) is 23.9 Å². The highest BCUT2D eigenvalue weighted by Gasteiger charge is 2.31. The molecule has 1 unspecified atom stereocenters. The first-order valence-electron chi connectivity index (χ1n) is 5.81. The third-order valence-corrected chi connectivity index (χ3v) is 3.11. The number of likely N-dealkylation sites (N-methyl/N-ethyl adjacent to an activating group) is 1. The van der Waals surface area contributed by atoms with Crippen LogP contribution in [0.3, 0.4) is 0 Å². The van der Waals surface area contributed by atoms with E-state index in [4.69, 9.17) is 0 Å². The fraction of sp³-hybridized carbons (Fsp3) is 0.500. The number of hydrogen-bond donors (Lipinski definition) is 2. The Morgan fingerprint density at radius 3 is 3.24 bits per heavy atom. The summed E-state index contributed by atoms with van der Waals surface area (Å²) in [7, 11) is 1.64. The van der Waals surface area contributed by atoms with E-state index in [9.17, 15) is 9.90 Å². The van der Waals surface area contributed by atoms with Crippen LogP contribution in [0.2, 0.25) is 0 Å². The molecular formula is C12H17N3O2. The Hall–Kier alpha value is -1.62. The molecule has 1 aliphatic rings. The maximum Gasteiger partial charge on any atom is 0.242 e. The third kappa shape index (κ3) is 2.24. The van der Waals surface area contributed by atoms with Crippen molar-refractivity contribution >= 4 is 11.7 Å². The summed E-state index contributed by atoms with van der Waals surface area (Å²) in [5.41, 5.74) is 0.767. The van der Waals surface area contributed by atoms with Gasteiger partial charge in [-0.2, -0.15) is 0 Å². The molecule has 2 N–H and O–H groups in total. The van der Waals surface area contributed by atoms with Gasteiger partial charge >= 0.3 is 0 Å². The van der Waals surface area contributed by atoms with Crippen LogP contribution < -0.4 is 10.2 Å². The van der Waals surface area contributed by atoms with Crippen molar-refractivity contribution in [2.75, 3.05) is 18.5 Å². The average molecular weight is 235 g/mol. The van der Waals surface area contributed by atoms with Gasteiger partial charge in [-0.3, -0.25) is 4.79 Å². The smallest absolute Gasteiger partial charge is 0.242 e. The van der Waals surface area contributed by atoms with E-state index in [0.717, 1.165) is 30.8 Å². The van der Waals surface area contributed by atoms with Crippen LogP contribution >= 0.6 is 0 Å². The van der Waals surface area contributed by atoms with Gasteiger partial charge in [-0.25, -0.2) is 4.98 Å². The second-order valence-corrected chi connectivity index (χ2v) is 4.11. The van der Waals surface area contributed by atoms with Crippen LogP contribution in [-0.2, 0) is 11.4 Å². The number of pyridine rings is 1.